The Bertz CT molecular complexity index is 572. The number of rotatable bonds is 7. The fourth-order valence-electron chi connectivity index (χ4n) is 3.13. The zero-order valence-corrected chi connectivity index (χ0v) is 15.3. The quantitative estimate of drug-likeness (QED) is 0.833. The first-order valence-corrected chi connectivity index (χ1v) is 8.92. The molecule has 134 valence electrons. The van der Waals surface area contributed by atoms with Crippen LogP contribution in [-0.2, 0) is 17.8 Å². The van der Waals surface area contributed by atoms with E-state index in [2.05, 4.69) is 19.9 Å². The minimum absolute atomic E-state index is 0.0428. The summed E-state index contributed by atoms with van der Waals surface area (Å²) >= 11 is 0. The molecular weight excluding hydrogens is 304 g/mol. The predicted octanol–water partition coefficient (Wildman–Crippen LogP) is 2.74. The number of benzene rings is 1. The number of nitrogens with zero attached hydrogens (tertiary/aromatic N) is 1. The lowest BCUT2D eigenvalue weighted by atomic mass is 9.97. The summed E-state index contributed by atoms with van der Waals surface area (Å²) < 4.78 is 11.4. The van der Waals surface area contributed by atoms with E-state index in [1.807, 2.05) is 24.8 Å². The number of ether oxygens (including phenoxy) is 2. The molecule has 24 heavy (non-hydrogen) atoms. The second kappa shape index (κ2) is 8.38. The topological polar surface area (TPSA) is 64.8 Å². The van der Waals surface area contributed by atoms with Crippen LogP contribution in [0.3, 0.4) is 0 Å². The van der Waals surface area contributed by atoms with Gasteiger partial charge in [0, 0.05) is 13.1 Å². The van der Waals surface area contributed by atoms with Crippen LogP contribution in [0.5, 0.6) is 11.5 Å². The molecule has 1 aromatic carbocycles. The molecule has 0 radical (unpaired) electrons. The maximum Gasteiger partial charge on any atom is 0.239 e. The predicted molar refractivity (Wildman–Crippen MR) is 95.3 cm³/mol. The van der Waals surface area contributed by atoms with Crippen LogP contribution in [-0.4, -0.2) is 36.6 Å². The van der Waals surface area contributed by atoms with Gasteiger partial charge in [0.05, 0.1) is 19.3 Å². The van der Waals surface area contributed by atoms with Gasteiger partial charge in [0.25, 0.3) is 0 Å². The molecule has 1 aliphatic heterocycles. The number of fused-ring (bicyclic) bond motifs is 1. The fourth-order valence-corrected chi connectivity index (χ4v) is 3.13. The molecule has 2 rings (SSSR count). The summed E-state index contributed by atoms with van der Waals surface area (Å²) in [5.41, 5.74) is 8.42. The Morgan fingerprint density at radius 2 is 1.75 bits per heavy atom. The fraction of sp³-hybridized carbons (Fsp3) is 0.632. The van der Waals surface area contributed by atoms with Crippen LogP contribution in [0.4, 0.5) is 0 Å². The van der Waals surface area contributed by atoms with Gasteiger partial charge in [-0.15, -0.1) is 0 Å². The van der Waals surface area contributed by atoms with Gasteiger partial charge in [-0.05, 0) is 55.9 Å². The first-order valence-electron chi connectivity index (χ1n) is 8.92. The van der Waals surface area contributed by atoms with Crippen molar-refractivity contribution in [3.05, 3.63) is 23.3 Å². The molecular formula is C19H30N2O3. The van der Waals surface area contributed by atoms with Gasteiger partial charge >= 0.3 is 0 Å². The Morgan fingerprint density at radius 3 is 2.29 bits per heavy atom. The van der Waals surface area contributed by atoms with Crippen molar-refractivity contribution in [2.45, 2.75) is 53.1 Å². The molecule has 0 aliphatic carbocycles. The Morgan fingerprint density at radius 1 is 1.17 bits per heavy atom. The standard InChI is InChI=1S/C19H30N2O3/c1-5-23-17-10-14-7-8-21(19(22)16(20)9-13(3)4)12-15(14)11-18(17)24-6-2/h10-11,13,16H,5-9,12,20H2,1-4H3/t16-/m0/s1. The van der Waals surface area contributed by atoms with E-state index in [0.29, 0.717) is 32.2 Å². The number of carbonyl (C=O) groups excluding carboxylic acids is 1. The van der Waals surface area contributed by atoms with Gasteiger partial charge in [0.2, 0.25) is 5.91 Å². The molecule has 0 aromatic heterocycles. The summed E-state index contributed by atoms with van der Waals surface area (Å²) in [5, 5.41) is 0. The molecule has 0 saturated carbocycles. The van der Waals surface area contributed by atoms with Gasteiger partial charge < -0.3 is 20.1 Å². The third-order valence-corrected chi connectivity index (χ3v) is 4.23. The summed E-state index contributed by atoms with van der Waals surface area (Å²) in [6.07, 6.45) is 1.54. The molecule has 0 bridgehead atoms. The molecule has 5 heteroatoms. The molecule has 0 spiro atoms. The molecule has 1 aliphatic rings. The Labute approximate surface area is 145 Å². The molecule has 0 saturated heterocycles. The number of hydrogen-bond donors (Lipinski definition) is 1. The largest absolute Gasteiger partial charge is 0.490 e. The van der Waals surface area contributed by atoms with Crippen molar-refractivity contribution in [2.24, 2.45) is 11.7 Å². The third kappa shape index (κ3) is 4.41. The van der Waals surface area contributed by atoms with Gasteiger partial charge in [-0.3, -0.25) is 4.79 Å². The van der Waals surface area contributed by atoms with Crippen LogP contribution in [0.15, 0.2) is 12.1 Å². The van der Waals surface area contributed by atoms with Crippen LogP contribution in [0.25, 0.3) is 0 Å². The molecule has 1 heterocycles. The van der Waals surface area contributed by atoms with E-state index in [1.165, 1.54) is 5.56 Å². The average Bonchev–Trinajstić information content (AvgIpc) is 2.54. The first-order chi connectivity index (χ1) is 11.5. The van der Waals surface area contributed by atoms with E-state index in [4.69, 9.17) is 15.2 Å². The van der Waals surface area contributed by atoms with Crippen molar-refractivity contribution in [3.63, 3.8) is 0 Å². The lowest BCUT2D eigenvalue weighted by Gasteiger charge is -2.32. The SMILES string of the molecule is CCOc1cc2c(cc1OCC)CN(C(=O)[C@@H](N)CC(C)C)CC2. The normalized spacial score (nSPS) is 15.2. The van der Waals surface area contributed by atoms with Crippen molar-refractivity contribution in [3.8, 4) is 11.5 Å². The molecule has 1 amide bonds. The van der Waals surface area contributed by atoms with E-state index in [0.717, 1.165) is 29.9 Å². The van der Waals surface area contributed by atoms with Crippen molar-refractivity contribution in [2.75, 3.05) is 19.8 Å². The second-order valence-corrected chi connectivity index (χ2v) is 6.68. The van der Waals surface area contributed by atoms with Gasteiger partial charge in [-0.1, -0.05) is 13.8 Å². The van der Waals surface area contributed by atoms with Crippen molar-refractivity contribution in [1.29, 1.82) is 0 Å². The Hall–Kier alpha value is -1.75. The summed E-state index contributed by atoms with van der Waals surface area (Å²) in [7, 11) is 0. The molecule has 1 atom stereocenters. The maximum absolute atomic E-state index is 12.6. The van der Waals surface area contributed by atoms with Gasteiger partial charge in [0.1, 0.15) is 0 Å². The second-order valence-electron chi connectivity index (χ2n) is 6.68. The summed E-state index contributed by atoms with van der Waals surface area (Å²) in [4.78, 5) is 14.4. The Balaban J connectivity index is 2.17. The minimum Gasteiger partial charge on any atom is -0.490 e. The number of hydrogen-bond acceptors (Lipinski definition) is 4. The first kappa shape index (κ1) is 18.6. The van der Waals surface area contributed by atoms with Crippen LogP contribution in [0.2, 0.25) is 0 Å². The van der Waals surface area contributed by atoms with Crippen molar-refractivity contribution in [1.82, 2.24) is 4.90 Å². The summed E-state index contributed by atoms with van der Waals surface area (Å²) in [5.74, 6) is 1.99. The summed E-state index contributed by atoms with van der Waals surface area (Å²) in [6, 6.07) is 3.65. The van der Waals surface area contributed by atoms with Gasteiger partial charge in [-0.2, -0.15) is 0 Å². The molecule has 0 unspecified atom stereocenters. The monoisotopic (exact) mass is 334 g/mol. The zero-order valence-electron chi connectivity index (χ0n) is 15.3. The van der Waals surface area contributed by atoms with Gasteiger partial charge in [0.15, 0.2) is 11.5 Å². The molecule has 1 aromatic rings. The number of carbonyl (C=O) groups is 1. The smallest absolute Gasteiger partial charge is 0.239 e. The molecule has 5 nitrogen and oxygen atoms in total. The number of amides is 1. The maximum atomic E-state index is 12.6. The zero-order chi connectivity index (χ0) is 17.7. The van der Waals surface area contributed by atoms with E-state index in [-0.39, 0.29) is 5.91 Å². The van der Waals surface area contributed by atoms with E-state index in [1.54, 1.807) is 0 Å². The van der Waals surface area contributed by atoms with Crippen LogP contribution < -0.4 is 15.2 Å². The highest BCUT2D eigenvalue weighted by Crippen LogP contribution is 2.34. The molecule has 2 N–H and O–H groups in total. The van der Waals surface area contributed by atoms with Crippen LogP contribution in [0.1, 0.15) is 45.2 Å². The van der Waals surface area contributed by atoms with Crippen LogP contribution >= 0.6 is 0 Å². The lowest BCUT2D eigenvalue weighted by Crippen LogP contribution is -2.46. The van der Waals surface area contributed by atoms with E-state index < -0.39 is 6.04 Å². The average molecular weight is 334 g/mol. The highest BCUT2D eigenvalue weighted by molar-refractivity contribution is 5.82. The van der Waals surface area contributed by atoms with Crippen molar-refractivity contribution >= 4 is 5.91 Å². The number of nitrogens with two attached hydrogens (primary N) is 1. The highest BCUT2D eigenvalue weighted by atomic mass is 16.5. The van der Waals surface area contributed by atoms with Gasteiger partial charge in [-0.25, -0.2) is 0 Å². The van der Waals surface area contributed by atoms with Crippen LogP contribution in [0, 0.1) is 5.92 Å². The summed E-state index contributed by atoms with van der Waals surface area (Å²) in [6.45, 7) is 10.6. The van der Waals surface area contributed by atoms with Crippen molar-refractivity contribution < 1.29 is 14.3 Å². The third-order valence-electron chi connectivity index (χ3n) is 4.23. The lowest BCUT2D eigenvalue weighted by molar-refractivity contribution is -0.133. The minimum atomic E-state index is -0.416. The highest BCUT2D eigenvalue weighted by Gasteiger charge is 2.26. The van der Waals surface area contributed by atoms with E-state index in [9.17, 15) is 4.79 Å². The Kier molecular flexibility index (Phi) is 6.49. The molecule has 0 fully saturated rings. The van der Waals surface area contributed by atoms with E-state index >= 15 is 0 Å².